The predicted octanol–water partition coefficient (Wildman–Crippen LogP) is 4.09. The van der Waals surface area contributed by atoms with E-state index in [0.717, 1.165) is 60.4 Å². The molecule has 1 aliphatic heterocycles. The maximum Gasteiger partial charge on any atom is 0.196 e. The second kappa shape index (κ2) is 6.85. The highest BCUT2D eigenvalue weighted by Gasteiger charge is 2.36. The van der Waals surface area contributed by atoms with Gasteiger partial charge in [0.15, 0.2) is 5.78 Å². The van der Waals surface area contributed by atoms with Gasteiger partial charge in [0.2, 0.25) is 0 Å². The van der Waals surface area contributed by atoms with E-state index in [1.54, 1.807) is 0 Å². The summed E-state index contributed by atoms with van der Waals surface area (Å²) in [5.74, 6) is 0.172. The molecule has 3 heteroatoms. The maximum atomic E-state index is 13.1. The van der Waals surface area contributed by atoms with Gasteiger partial charge in [-0.05, 0) is 30.5 Å². The lowest BCUT2D eigenvalue weighted by molar-refractivity contribution is 0.105. The van der Waals surface area contributed by atoms with E-state index in [-0.39, 0.29) is 5.78 Å². The third kappa shape index (κ3) is 2.79. The Balaban J connectivity index is 1.68. The number of hydrogen-bond acceptors (Lipinski definition) is 3. The number of carbonyl (C=O) groups is 1. The molecule has 3 nitrogen and oxygen atoms in total. The van der Waals surface area contributed by atoms with E-state index in [4.69, 9.17) is 5.73 Å². The molecule has 2 N–H and O–H groups in total. The summed E-state index contributed by atoms with van der Waals surface area (Å²) in [6, 6.07) is 16.4. The molecule has 4 rings (SSSR count). The summed E-state index contributed by atoms with van der Waals surface area (Å²) in [7, 11) is 0. The van der Waals surface area contributed by atoms with Gasteiger partial charge >= 0.3 is 0 Å². The lowest BCUT2D eigenvalue weighted by Crippen LogP contribution is -2.27. The molecule has 0 radical (unpaired) electrons. The first-order chi connectivity index (χ1) is 12.3. The third-order valence-corrected chi connectivity index (χ3v) is 5.24. The van der Waals surface area contributed by atoms with Gasteiger partial charge in [-0.15, -0.1) is 0 Å². The Morgan fingerprint density at radius 1 is 0.840 bits per heavy atom. The van der Waals surface area contributed by atoms with Crippen LogP contribution in [0.4, 0.5) is 0 Å². The summed E-state index contributed by atoms with van der Waals surface area (Å²) in [6.45, 7) is 2.64. The smallest absolute Gasteiger partial charge is 0.196 e. The Bertz CT molecular complexity index is 837. The van der Waals surface area contributed by atoms with Crippen molar-refractivity contribution in [3.05, 3.63) is 70.8 Å². The van der Waals surface area contributed by atoms with Crippen molar-refractivity contribution < 1.29 is 4.79 Å². The molecular formula is C22H24N2O. The summed E-state index contributed by atoms with van der Waals surface area (Å²) < 4.78 is 0. The molecule has 0 atom stereocenters. The average Bonchev–Trinajstić information content (AvgIpc) is 2.95. The maximum absolute atomic E-state index is 13.1. The Kier molecular flexibility index (Phi) is 4.41. The van der Waals surface area contributed by atoms with Gasteiger partial charge in [0.25, 0.3) is 0 Å². The van der Waals surface area contributed by atoms with Crippen LogP contribution in [0.2, 0.25) is 0 Å². The number of Topliss-reactive ketones (excluding diaryl/α,β-unsaturated/α-hetero) is 1. The lowest BCUT2D eigenvalue weighted by atomic mass is 9.93. The quantitative estimate of drug-likeness (QED) is 0.811. The highest BCUT2D eigenvalue weighted by molar-refractivity contribution is 6.40. The molecule has 2 aromatic rings. The van der Waals surface area contributed by atoms with E-state index in [1.165, 1.54) is 18.4 Å². The Morgan fingerprint density at radius 3 is 2.32 bits per heavy atom. The van der Waals surface area contributed by atoms with Crippen molar-refractivity contribution in [3.8, 4) is 0 Å². The first kappa shape index (κ1) is 16.1. The molecule has 0 saturated carbocycles. The summed E-state index contributed by atoms with van der Waals surface area (Å²) in [5.41, 5.74) is 11.9. The number of unbranched alkanes of at least 4 members (excludes halogenated alkanes) is 3. The minimum atomic E-state index is 0.172. The van der Waals surface area contributed by atoms with Gasteiger partial charge in [-0.3, -0.25) is 4.79 Å². The van der Waals surface area contributed by atoms with E-state index < -0.39 is 0 Å². The van der Waals surface area contributed by atoms with E-state index >= 15 is 0 Å². The van der Waals surface area contributed by atoms with E-state index in [2.05, 4.69) is 29.2 Å². The zero-order valence-electron chi connectivity index (χ0n) is 14.5. The monoisotopic (exact) mass is 332 g/mol. The molecule has 1 aliphatic carbocycles. The van der Waals surface area contributed by atoms with Crippen LogP contribution in [0.15, 0.2) is 48.5 Å². The second-order valence-electron chi connectivity index (χ2n) is 6.88. The summed E-state index contributed by atoms with van der Waals surface area (Å²) in [4.78, 5) is 15.5. The molecule has 0 saturated heterocycles. The zero-order chi connectivity index (χ0) is 17.2. The number of fused-ring (bicyclic) bond motifs is 4. The third-order valence-electron chi connectivity index (χ3n) is 5.24. The fraction of sp³-hybridized carbons (Fsp3) is 0.318. The van der Waals surface area contributed by atoms with Crippen molar-refractivity contribution in [2.75, 3.05) is 13.1 Å². The van der Waals surface area contributed by atoms with Gasteiger partial charge in [-0.2, -0.15) is 0 Å². The zero-order valence-corrected chi connectivity index (χ0v) is 14.5. The van der Waals surface area contributed by atoms with Crippen LogP contribution in [-0.4, -0.2) is 23.8 Å². The van der Waals surface area contributed by atoms with Crippen LogP contribution < -0.4 is 5.73 Å². The molecule has 128 valence electrons. The normalized spacial score (nSPS) is 15.2. The van der Waals surface area contributed by atoms with Crippen molar-refractivity contribution in [1.82, 2.24) is 4.90 Å². The molecule has 0 amide bonds. The van der Waals surface area contributed by atoms with Crippen molar-refractivity contribution in [2.24, 2.45) is 5.73 Å². The van der Waals surface area contributed by atoms with Crippen LogP contribution in [0.5, 0.6) is 0 Å². The van der Waals surface area contributed by atoms with Gasteiger partial charge in [-0.25, -0.2) is 0 Å². The minimum Gasteiger partial charge on any atom is -0.366 e. The molecule has 2 aromatic carbocycles. The molecule has 0 unspecified atom stereocenters. The molecule has 1 heterocycles. The fourth-order valence-corrected chi connectivity index (χ4v) is 4.02. The molecular weight excluding hydrogens is 308 g/mol. The number of nitrogens with two attached hydrogens (primary N) is 1. The molecule has 0 spiro atoms. The van der Waals surface area contributed by atoms with Gasteiger partial charge in [0, 0.05) is 24.2 Å². The second-order valence-corrected chi connectivity index (χ2v) is 6.88. The molecule has 2 aliphatic rings. The molecule has 0 fully saturated rings. The van der Waals surface area contributed by atoms with Crippen LogP contribution >= 0.6 is 0 Å². The first-order valence-electron chi connectivity index (χ1n) is 9.23. The van der Waals surface area contributed by atoms with Crippen LogP contribution in [-0.2, 0) is 6.54 Å². The minimum absolute atomic E-state index is 0.172. The predicted molar refractivity (Wildman–Crippen MR) is 102 cm³/mol. The lowest BCUT2D eigenvalue weighted by Gasteiger charge is -2.32. The Morgan fingerprint density at radius 2 is 1.52 bits per heavy atom. The molecule has 0 aromatic heterocycles. The number of allylic oxidation sites excluding steroid dienone is 1. The Labute approximate surface area is 149 Å². The summed E-state index contributed by atoms with van der Waals surface area (Å²) in [6.07, 6.45) is 4.60. The van der Waals surface area contributed by atoms with Crippen LogP contribution in [0.3, 0.4) is 0 Å². The van der Waals surface area contributed by atoms with E-state index in [1.807, 2.05) is 24.3 Å². The average molecular weight is 332 g/mol. The van der Waals surface area contributed by atoms with Gasteiger partial charge in [-0.1, -0.05) is 61.4 Å². The van der Waals surface area contributed by atoms with Crippen molar-refractivity contribution >= 4 is 17.1 Å². The topological polar surface area (TPSA) is 46.3 Å². The highest BCUT2D eigenvalue weighted by Crippen LogP contribution is 2.44. The number of carbonyl (C=O) groups excluding carboxylic acids is 1. The largest absolute Gasteiger partial charge is 0.366 e. The molecule has 0 bridgehead atoms. The highest BCUT2D eigenvalue weighted by atomic mass is 16.1. The van der Waals surface area contributed by atoms with Crippen LogP contribution in [0, 0.1) is 0 Å². The fourth-order valence-electron chi connectivity index (χ4n) is 4.02. The van der Waals surface area contributed by atoms with Gasteiger partial charge in [0.1, 0.15) is 0 Å². The summed E-state index contributed by atoms with van der Waals surface area (Å²) in [5, 5.41) is 0. The number of rotatable bonds is 6. The Hall–Kier alpha value is -2.39. The SMILES string of the molecule is NCCCCCCN1Cc2ccccc2C2=C1c1ccccc1C2=O. The van der Waals surface area contributed by atoms with Crippen LogP contribution in [0.25, 0.3) is 11.3 Å². The van der Waals surface area contributed by atoms with Gasteiger partial charge < -0.3 is 10.6 Å². The number of ketones is 1. The number of nitrogens with zero attached hydrogens (tertiary/aromatic N) is 1. The van der Waals surface area contributed by atoms with E-state index in [0.29, 0.717) is 0 Å². The van der Waals surface area contributed by atoms with Crippen molar-refractivity contribution in [1.29, 1.82) is 0 Å². The number of hydrogen-bond donors (Lipinski definition) is 1. The standard InChI is InChI=1S/C22H24N2O/c23-13-7-1-2-8-14-24-15-16-9-3-4-10-17(16)20-21(24)18-11-5-6-12-19(18)22(20)25/h3-6,9-12H,1-2,7-8,13-15,23H2. The van der Waals surface area contributed by atoms with E-state index in [9.17, 15) is 4.79 Å². The first-order valence-corrected chi connectivity index (χ1v) is 9.23. The van der Waals surface area contributed by atoms with Crippen LogP contribution in [0.1, 0.15) is 52.7 Å². The summed E-state index contributed by atoms with van der Waals surface area (Å²) >= 11 is 0. The van der Waals surface area contributed by atoms with Gasteiger partial charge in [0.05, 0.1) is 11.3 Å². The molecule has 25 heavy (non-hydrogen) atoms. The van der Waals surface area contributed by atoms with Crippen molar-refractivity contribution in [3.63, 3.8) is 0 Å². The number of benzene rings is 2. The van der Waals surface area contributed by atoms with Crippen molar-refractivity contribution in [2.45, 2.75) is 32.2 Å².